The lowest BCUT2D eigenvalue weighted by Gasteiger charge is -2.48. The van der Waals surface area contributed by atoms with Gasteiger partial charge in [-0.15, -0.1) is 0 Å². The molecule has 2 aliphatic heterocycles. The van der Waals surface area contributed by atoms with E-state index in [1.807, 2.05) is 91.0 Å². The third-order valence-electron chi connectivity index (χ3n) is 6.30. The smallest absolute Gasteiger partial charge is 0.429 e. The third-order valence-corrected chi connectivity index (χ3v) is 6.30. The second-order valence-electron chi connectivity index (χ2n) is 8.82. The van der Waals surface area contributed by atoms with Crippen LogP contribution in [0.3, 0.4) is 0 Å². The Hall–Kier alpha value is -3.27. The molecule has 5 rings (SSSR count). The van der Waals surface area contributed by atoms with Gasteiger partial charge in [0.15, 0.2) is 18.7 Å². The Labute approximate surface area is 216 Å². The number of benzene rings is 3. The average Bonchev–Trinajstić information content (AvgIpc) is 2.96. The minimum atomic E-state index is -0.870. The van der Waals surface area contributed by atoms with Crippen LogP contribution in [0.4, 0.5) is 4.79 Å². The predicted molar refractivity (Wildman–Crippen MR) is 132 cm³/mol. The van der Waals surface area contributed by atoms with Crippen LogP contribution in [-0.4, -0.2) is 50.6 Å². The summed E-state index contributed by atoms with van der Waals surface area (Å²) in [5.41, 5.74) is 2.66. The average molecular weight is 507 g/mol. The van der Waals surface area contributed by atoms with Crippen LogP contribution in [-0.2, 0) is 46.4 Å². The number of carbonyl (C=O) groups is 1. The first kappa shape index (κ1) is 25.4. The molecule has 0 radical (unpaired) electrons. The second-order valence-corrected chi connectivity index (χ2v) is 8.82. The molecule has 1 unspecified atom stereocenters. The predicted octanol–water partition coefficient (Wildman–Crippen LogP) is 4.78. The van der Waals surface area contributed by atoms with Gasteiger partial charge in [-0.3, -0.25) is 0 Å². The Kier molecular flexibility index (Phi) is 8.45. The number of fused-ring (bicyclic) bond motifs is 1. The van der Waals surface area contributed by atoms with Crippen LogP contribution in [0.25, 0.3) is 0 Å². The van der Waals surface area contributed by atoms with E-state index in [9.17, 15) is 4.79 Å². The van der Waals surface area contributed by atoms with Gasteiger partial charge in [0.2, 0.25) is 0 Å². The number of methoxy groups -OCH3 is 1. The number of rotatable bonds is 8. The van der Waals surface area contributed by atoms with Crippen molar-refractivity contribution in [2.75, 3.05) is 13.7 Å². The summed E-state index contributed by atoms with van der Waals surface area (Å²) in [5.74, 6) is 0. The molecule has 0 amide bonds. The highest BCUT2D eigenvalue weighted by molar-refractivity contribution is 5.60. The minimum Gasteiger partial charge on any atom is -0.429 e. The molecule has 0 saturated carbocycles. The summed E-state index contributed by atoms with van der Waals surface area (Å²) in [6, 6.07) is 28.7. The van der Waals surface area contributed by atoms with Crippen molar-refractivity contribution in [1.82, 2.24) is 0 Å². The van der Waals surface area contributed by atoms with Gasteiger partial charge in [0.25, 0.3) is 0 Å². The Bertz CT molecular complexity index is 1100. The van der Waals surface area contributed by atoms with Crippen molar-refractivity contribution in [3.05, 3.63) is 108 Å². The molecule has 0 aromatic heterocycles. The molecule has 0 spiro atoms. The molecule has 6 atom stereocenters. The summed E-state index contributed by atoms with van der Waals surface area (Å²) < 4.78 is 41.5. The van der Waals surface area contributed by atoms with Crippen molar-refractivity contribution in [3.8, 4) is 0 Å². The van der Waals surface area contributed by atoms with Crippen molar-refractivity contribution in [1.29, 1.82) is 0 Å². The monoisotopic (exact) mass is 506 g/mol. The first-order valence-electron chi connectivity index (χ1n) is 12.2. The van der Waals surface area contributed by atoms with Crippen LogP contribution in [0.15, 0.2) is 91.0 Å². The van der Waals surface area contributed by atoms with Gasteiger partial charge >= 0.3 is 6.16 Å². The van der Waals surface area contributed by atoms with Gasteiger partial charge in [-0.25, -0.2) is 4.79 Å². The maximum absolute atomic E-state index is 12.9. The molecule has 37 heavy (non-hydrogen) atoms. The summed E-state index contributed by atoms with van der Waals surface area (Å²) in [5, 5.41) is 0. The van der Waals surface area contributed by atoms with Crippen molar-refractivity contribution >= 4 is 6.16 Å². The van der Waals surface area contributed by atoms with E-state index in [1.54, 1.807) is 0 Å². The maximum atomic E-state index is 12.9. The molecular formula is C29H30O8. The highest BCUT2D eigenvalue weighted by Gasteiger charge is 2.53. The third kappa shape index (κ3) is 6.36. The largest absolute Gasteiger partial charge is 0.509 e. The zero-order valence-electron chi connectivity index (χ0n) is 20.5. The Morgan fingerprint density at radius 1 is 0.811 bits per heavy atom. The van der Waals surface area contributed by atoms with Gasteiger partial charge in [0.05, 0.1) is 13.2 Å². The van der Waals surface area contributed by atoms with Crippen LogP contribution in [0.2, 0.25) is 0 Å². The Balaban J connectivity index is 1.35. The van der Waals surface area contributed by atoms with E-state index in [2.05, 4.69) is 0 Å². The van der Waals surface area contributed by atoms with Crippen molar-refractivity contribution < 1.29 is 38.0 Å². The first-order chi connectivity index (χ1) is 18.2. The number of carbonyl (C=O) groups excluding carboxylic acids is 1. The van der Waals surface area contributed by atoms with Crippen molar-refractivity contribution in [2.45, 2.75) is 50.2 Å². The van der Waals surface area contributed by atoms with Gasteiger partial charge < -0.3 is 33.2 Å². The summed E-state index contributed by atoms with van der Waals surface area (Å²) in [6.45, 7) is 0.578. The molecule has 2 aliphatic rings. The van der Waals surface area contributed by atoms with E-state index >= 15 is 0 Å². The molecule has 2 fully saturated rings. The van der Waals surface area contributed by atoms with Gasteiger partial charge in [0, 0.05) is 12.7 Å². The van der Waals surface area contributed by atoms with Gasteiger partial charge in [-0.2, -0.15) is 0 Å². The molecule has 2 saturated heterocycles. The standard InChI is InChI=1S/C29H30O8/c1-31-28-26(32-17-20-11-5-2-6-12-20)25(37-29(30)34-18-21-13-7-3-8-14-21)24-23(35-28)19-33-27(36-24)22-15-9-4-10-16-22/h2-16,23-28H,17-19H2,1H3/t23-,24-,25+,26-,27?,28+/m1/s1. The van der Waals surface area contributed by atoms with E-state index < -0.39 is 43.2 Å². The quantitative estimate of drug-likeness (QED) is 0.404. The summed E-state index contributed by atoms with van der Waals surface area (Å²) in [6.07, 6.45) is -5.13. The zero-order chi connectivity index (χ0) is 25.5. The molecule has 0 N–H and O–H groups in total. The normalized spacial score (nSPS) is 27.2. The number of hydrogen-bond acceptors (Lipinski definition) is 8. The van der Waals surface area contributed by atoms with Crippen molar-refractivity contribution in [2.24, 2.45) is 0 Å². The molecule has 3 aromatic rings. The summed E-state index contributed by atoms with van der Waals surface area (Å²) >= 11 is 0. The van der Waals surface area contributed by atoms with E-state index in [4.69, 9.17) is 33.2 Å². The minimum absolute atomic E-state index is 0.0802. The lowest BCUT2D eigenvalue weighted by molar-refractivity contribution is -0.363. The Morgan fingerprint density at radius 2 is 1.43 bits per heavy atom. The van der Waals surface area contributed by atoms with E-state index in [0.717, 1.165) is 16.7 Å². The van der Waals surface area contributed by atoms with Gasteiger partial charge in [0.1, 0.15) is 24.9 Å². The van der Waals surface area contributed by atoms with Crippen LogP contribution < -0.4 is 0 Å². The van der Waals surface area contributed by atoms with E-state index in [1.165, 1.54) is 7.11 Å². The molecule has 2 heterocycles. The van der Waals surface area contributed by atoms with Crippen LogP contribution in [0, 0.1) is 0 Å². The lowest BCUT2D eigenvalue weighted by Crippen LogP contribution is -2.63. The highest BCUT2D eigenvalue weighted by atomic mass is 16.8. The molecule has 0 bridgehead atoms. The molecule has 0 aliphatic carbocycles. The second kappa shape index (κ2) is 12.3. The van der Waals surface area contributed by atoms with Crippen LogP contribution in [0.1, 0.15) is 23.0 Å². The number of ether oxygens (including phenoxy) is 7. The fourth-order valence-corrected chi connectivity index (χ4v) is 4.45. The maximum Gasteiger partial charge on any atom is 0.509 e. The van der Waals surface area contributed by atoms with Crippen molar-refractivity contribution in [3.63, 3.8) is 0 Å². The topological polar surface area (TPSA) is 81.7 Å². The van der Waals surface area contributed by atoms with Crippen LogP contribution >= 0.6 is 0 Å². The molecule has 8 nitrogen and oxygen atoms in total. The molecule has 194 valence electrons. The zero-order valence-corrected chi connectivity index (χ0v) is 20.5. The lowest BCUT2D eigenvalue weighted by atomic mass is 9.97. The SMILES string of the molecule is CO[C@H]1O[C@@H]2COC(c3ccccc3)O[C@H]2[C@H](OC(=O)OCc2ccccc2)[C@H]1OCc1ccccc1. The van der Waals surface area contributed by atoms with E-state index in [0.29, 0.717) is 0 Å². The highest BCUT2D eigenvalue weighted by Crippen LogP contribution is 2.37. The van der Waals surface area contributed by atoms with Gasteiger partial charge in [-0.05, 0) is 11.1 Å². The first-order valence-corrected chi connectivity index (χ1v) is 12.2. The van der Waals surface area contributed by atoms with Crippen LogP contribution in [0.5, 0.6) is 0 Å². The fraction of sp³-hybridized carbons (Fsp3) is 0.345. The molecular weight excluding hydrogens is 476 g/mol. The summed E-state index contributed by atoms with van der Waals surface area (Å²) in [7, 11) is 1.52. The fourth-order valence-electron chi connectivity index (χ4n) is 4.45. The summed E-state index contributed by atoms with van der Waals surface area (Å²) in [4.78, 5) is 12.9. The van der Waals surface area contributed by atoms with Gasteiger partial charge in [-0.1, -0.05) is 91.0 Å². The molecule has 8 heteroatoms. The molecule has 3 aromatic carbocycles. The van der Waals surface area contributed by atoms with E-state index in [-0.39, 0.29) is 19.8 Å². The Morgan fingerprint density at radius 3 is 2.08 bits per heavy atom. The number of hydrogen-bond donors (Lipinski definition) is 0.